The van der Waals surface area contributed by atoms with Gasteiger partial charge in [-0.2, -0.15) is 0 Å². The Hall–Kier alpha value is -3.28. The van der Waals surface area contributed by atoms with Gasteiger partial charge in [0.25, 0.3) is 5.91 Å². The number of rotatable bonds is 9. The van der Waals surface area contributed by atoms with Gasteiger partial charge in [-0.05, 0) is 43.2 Å². The lowest BCUT2D eigenvalue weighted by Gasteiger charge is -2.25. The van der Waals surface area contributed by atoms with E-state index in [0.29, 0.717) is 18.0 Å². The molecule has 28 heavy (non-hydrogen) atoms. The normalized spacial score (nSPS) is 10.9. The van der Waals surface area contributed by atoms with Crippen molar-refractivity contribution in [3.8, 4) is 11.5 Å². The Morgan fingerprint density at radius 3 is 2.43 bits per heavy atom. The second kappa shape index (κ2) is 10.2. The van der Waals surface area contributed by atoms with Crippen molar-refractivity contribution in [3.63, 3.8) is 0 Å². The zero-order valence-electron chi connectivity index (χ0n) is 16.4. The lowest BCUT2D eigenvalue weighted by molar-refractivity contribution is -0.128. The van der Waals surface area contributed by atoms with Crippen LogP contribution < -0.4 is 15.2 Å². The van der Waals surface area contributed by atoms with Crippen LogP contribution in [0.2, 0.25) is 0 Å². The molecule has 2 aromatic rings. The van der Waals surface area contributed by atoms with Gasteiger partial charge in [0.15, 0.2) is 18.1 Å². The summed E-state index contributed by atoms with van der Waals surface area (Å²) in [5, 5.41) is 0. The SMILES string of the molecule is COc1cc(/C=C/C(=O)N(Cc2ccccc2)C(C)C)ccc1OCC(N)=O. The minimum Gasteiger partial charge on any atom is -0.493 e. The maximum atomic E-state index is 12.7. The van der Waals surface area contributed by atoms with Crippen LogP contribution in [-0.2, 0) is 16.1 Å². The van der Waals surface area contributed by atoms with Gasteiger partial charge in [-0.25, -0.2) is 0 Å². The molecule has 0 unspecified atom stereocenters. The van der Waals surface area contributed by atoms with Gasteiger partial charge in [-0.15, -0.1) is 0 Å². The number of hydrogen-bond acceptors (Lipinski definition) is 4. The molecule has 2 N–H and O–H groups in total. The van der Waals surface area contributed by atoms with Gasteiger partial charge in [0.2, 0.25) is 5.91 Å². The number of nitrogens with zero attached hydrogens (tertiary/aromatic N) is 1. The third-order valence-corrected chi connectivity index (χ3v) is 4.08. The maximum absolute atomic E-state index is 12.7. The molecule has 0 aliphatic rings. The number of benzene rings is 2. The summed E-state index contributed by atoms with van der Waals surface area (Å²) < 4.78 is 10.6. The predicted octanol–water partition coefficient (Wildman–Crippen LogP) is 3.01. The van der Waals surface area contributed by atoms with E-state index < -0.39 is 5.91 Å². The van der Waals surface area contributed by atoms with E-state index in [1.54, 1.807) is 35.3 Å². The minimum absolute atomic E-state index is 0.0662. The number of ether oxygens (including phenoxy) is 2. The van der Waals surface area contributed by atoms with Crippen molar-refractivity contribution >= 4 is 17.9 Å². The summed E-state index contributed by atoms with van der Waals surface area (Å²) in [4.78, 5) is 25.4. The summed E-state index contributed by atoms with van der Waals surface area (Å²) in [6.07, 6.45) is 3.27. The molecule has 0 saturated carbocycles. The van der Waals surface area contributed by atoms with Crippen molar-refractivity contribution in [2.45, 2.75) is 26.4 Å². The first-order valence-electron chi connectivity index (χ1n) is 9.02. The van der Waals surface area contributed by atoms with Gasteiger partial charge in [0.05, 0.1) is 7.11 Å². The van der Waals surface area contributed by atoms with Crippen LogP contribution in [-0.4, -0.2) is 36.5 Å². The van der Waals surface area contributed by atoms with E-state index in [9.17, 15) is 9.59 Å². The third kappa shape index (κ3) is 6.16. The standard InChI is InChI=1S/C22H26N2O4/c1-16(2)24(14-18-7-5-4-6-8-18)22(26)12-10-17-9-11-19(20(13-17)27-3)28-15-21(23)25/h4-13,16H,14-15H2,1-3H3,(H2,23,25)/b12-10+. The molecule has 0 spiro atoms. The first-order chi connectivity index (χ1) is 13.4. The Morgan fingerprint density at radius 2 is 1.82 bits per heavy atom. The van der Waals surface area contributed by atoms with Crippen molar-refractivity contribution in [2.75, 3.05) is 13.7 Å². The van der Waals surface area contributed by atoms with Crippen molar-refractivity contribution in [1.82, 2.24) is 4.90 Å². The van der Waals surface area contributed by atoms with Gasteiger partial charge in [-0.1, -0.05) is 36.4 Å². The molecule has 0 radical (unpaired) electrons. The van der Waals surface area contributed by atoms with Gasteiger partial charge >= 0.3 is 0 Å². The van der Waals surface area contributed by atoms with Crippen LogP contribution >= 0.6 is 0 Å². The molecule has 0 fully saturated rings. The molecular formula is C22H26N2O4. The van der Waals surface area contributed by atoms with Crippen molar-refractivity contribution < 1.29 is 19.1 Å². The zero-order chi connectivity index (χ0) is 20.5. The fraction of sp³-hybridized carbons (Fsp3) is 0.273. The van der Waals surface area contributed by atoms with E-state index in [1.807, 2.05) is 44.2 Å². The molecule has 148 valence electrons. The first kappa shape index (κ1) is 21.0. The number of hydrogen-bond donors (Lipinski definition) is 1. The fourth-order valence-corrected chi connectivity index (χ4v) is 2.61. The number of carbonyl (C=O) groups excluding carboxylic acids is 2. The summed E-state index contributed by atoms with van der Waals surface area (Å²) in [6, 6.07) is 15.1. The van der Waals surface area contributed by atoms with Crippen LogP contribution in [0.4, 0.5) is 0 Å². The molecule has 0 atom stereocenters. The van der Waals surface area contributed by atoms with Crippen molar-refractivity contribution in [1.29, 1.82) is 0 Å². The first-order valence-corrected chi connectivity index (χ1v) is 9.02. The Balaban J connectivity index is 2.11. The number of amides is 2. The molecule has 0 saturated heterocycles. The molecule has 0 bridgehead atoms. The Morgan fingerprint density at radius 1 is 1.11 bits per heavy atom. The largest absolute Gasteiger partial charge is 0.493 e. The smallest absolute Gasteiger partial charge is 0.255 e. The van der Waals surface area contributed by atoms with Gasteiger partial charge in [0.1, 0.15) is 0 Å². The molecule has 6 heteroatoms. The summed E-state index contributed by atoms with van der Waals surface area (Å²) in [5.74, 6) is 0.231. The van der Waals surface area contributed by atoms with E-state index >= 15 is 0 Å². The average Bonchev–Trinajstić information content (AvgIpc) is 2.69. The fourth-order valence-electron chi connectivity index (χ4n) is 2.61. The lowest BCUT2D eigenvalue weighted by Crippen LogP contribution is -2.35. The highest BCUT2D eigenvalue weighted by atomic mass is 16.5. The molecular weight excluding hydrogens is 356 g/mol. The Labute approximate surface area is 165 Å². The zero-order valence-corrected chi connectivity index (χ0v) is 16.4. The summed E-state index contributed by atoms with van der Waals surface area (Å²) in [7, 11) is 1.51. The summed E-state index contributed by atoms with van der Waals surface area (Å²) in [6.45, 7) is 4.29. The summed E-state index contributed by atoms with van der Waals surface area (Å²) in [5.41, 5.74) is 6.95. The summed E-state index contributed by atoms with van der Waals surface area (Å²) >= 11 is 0. The number of methoxy groups -OCH3 is 1. The highest BCUT2D eigenvalue weighted by Gasteiger charge is 2.15. The van der Waals surface area contributed by atoms with Crippen molar-refractivity contribution in [3.05, 3.63) is 65.7 Å². The van der Waals surface area contributed by atoms with E-state index in [-0.39, 0.29) is 18.6 Å². The minimum atomic E-state index is -0.566. The molecule has 2 rings (SSSR count). The molecule has 2 amide bonds. The van der Waals surface area contributed by atoms with Crippen LogP contribution in [0, 0.1) is 0 Å². The van der Waals surface area contributed by atoms with Gasteiger partial charge in [-0.3, -0.25) is 9.59 Å². The highest BCUT2D eigenvalue weighted by Crippen LogP contribution is 2.28. The number of nitrogens with two attached hydrogens (primary N) is 1. The number of carbonyl (C=O) groups is 2. The topological polar surface area (TPSA) is 81.9 Å². The average molecular weight is 382 g/mol. The quantitative estimate of drug-likeness (QED) is 0.676. The Kier molecular flexibility index (Phi) is 7.63. The van der Waals surface area contributed by atoms with E-state index in [2.05, 4.69) is 0 Å². The van der Waals surface area contributed by atoms with Crippen LogP contribution in [0.3, 0.4) is 0 Å². The molecule has 6 nitrogen and oxygen atoms in total. The third-order valence-electron chi connectivity index (χ3n) is 4.08. The van der Waals surface area contributed by atoms with Crippen LogP contribution in [0.25, 0.3) is 6.08 Å². The van der Waals surface area contributed by atoms with Crippen molar-refractivity contribution in [2.24, 2.45) is 5.73 Å². The lowest BCUT2D eigenvalue weighted by atomic mass is 10.1. The van der Waals surface area contributed by atoms with Crippen LogP contribution in [0.5, 0.6) is 11.5 Å². The van der Waals surface area contributed by atoms with E-state index in [1.165, 1.54) is 7.11 Å². The van der Waals surface area contributed by atoms with Crippen LogP contribution in [0.15, 0.2) is 54.6 Å². The van der Waals surface area contributed by atoms with Gasteiger partial charge < -0.3 is 20.1 Å². The van der Waals surface area contributed by atoms with E-state index in [4.69, 9.17) is 15.2 Å². The molecule has 0 heterocycles. The second-order valence-corrected chi connectivity index (χ2v) is 6.54. The monoisotopic (exact) mass is 382 g/mol. The molecule has 0 aromatic heterocycles. The Bertz CT molecular complexity index is 832. The second-order valence-electron chi connectivity index (χ2n) is 6.54. The maximum Gasteiger partial charge on any atom is 0.255 e. The van der Waals surface area contributed by atoms with Gasteiger partial charge in [0, 0.05) is 18.7 Å². The molecule has 0 aliphatic carbocycles. The highest BCUT2D eigenvalue weighted by molar-refractivity contribution is 5.92. The van der Waals surface area contributed by atoms with Crippen LogP contribution in [0.1, 0.15) is 25.0 Å². The molecule has 2 aromatic carbocycles. The predicted molar refractivity (Wildman–Crippen MR) is 109 cm³/mol. The molecule has 0 aliphatic heterocycles. The van der Waals surface area contributed by atoms with E-state index in [0.717, 1.165) is 11.1 Å². The number of primary amides is 1.